The van der Waals surface area contributed by atoms with Crippen molar-refractivity contribution in [1.29, 1.82) is 0 Å². The van der Waals surface area contributed by atoms with E-state index in [1.807, 2.05) is 13.0 Å². The van der Waals surface area contributed by atoms with Gasteiger partial charge in [0.1, 0.15) is 11.9 Å². The van der Waals surface area contributed by atoms with Gasteiger partial charge in [-0.1, -0.05) is 0 Å². The van der Waals surface area contributed by atoms with Gasteiger partial charge in [-0.3, -0.25) is 9.48 Å². The molecule has 19 heavy (non-hydrogen) atoms. The molecule has 0 spiro atoms. The number of hydrogen-bond acceptors (Lipinski definition) is 3. The number of benzene rings is 1. The van der Waals surface area contributed by atoms with Crippen LogP contribution < -0.4 is 11.1 Å². The molecule has 1 heterocycles. The van der Waals surface area contributed by atoms with E-state index in [0.29, 0.717) is 5.69 Å². The molecule has 2 aromatic rings. The summed E-state index contributed by atoms with van der Waals surface area (Å²) >= 11 is 0. The number of rotatable bonds is 3. The van der Waals surface area contributed by atoms with Crippen LogP contribution in [0.2, 0.25) is 0 Å². The van der Waals surface area contributed by atoms with Crippen LogP contribution in [0.3, 0.4) is 0 Å². The average molecular weight is 262 g/mol. The second-order valence-corrected chi connectivity index (χ2v) is 4.33. The second kappa shape index (κ2) is 5.09. The number of aromatic nitrogens is 2. The third-order valence-electron chi connectivity index (χ3n) is 2.79. The van der Waals surface area contributed by atoms with Gasteiger partial charge < -0.3 is 11.1 Å². The summed E-state index contributed by atoms with van der Waals surface area (Å²) in [5, 5.41) is 6.83. The largest absolute Gasteiger partial charge is 0.397 e. The average Bonchev–Trinajstić information content (AvgIpc) is 2.78. The van der Waals surface area contributed by atoms with Crippen molar-refractivity contribution in [2.75, 3.05) is 11.1 Å². The maximum atomic E-state index is 12.9. The van der Waals surface area contributed by atoms with Crippen molar-refractivity contribution in [1.82, 2.24) is 9.78 Å². The van der Waals surface area contributed by atoms with Crippen molar-refractivity contribution in [2.24, 2.45) is 0 Å². The third-order valence-corrected chi connectivity index (χ3v) is 2.79. The molecule has 0 fully saturated rings. The molecule has 6 heteroatoms. The molecule has 0 aliphatic heterocycles. The van der Waals surface area contributed by atoms with Crippen LogP contribution in [0.1, 0.15) is 18.7 Å². The van der Waals surface area contributed by atoms with Gasteiger partial charge in [0.25, 0.3) is 0 Å². The van der Waals surface area contributed by atoms with E-state index < -0.39 is 11.9 Å². The van der Waals surface area contributed by atoms with Crippen LogP contribution in [0, 0.1) is 12.7 Å². The molecular weight excluding hydrogens is 247 g/mol. The number of carbonyl (C=O) groups is 1. The first kappa shape index (κ1) is 13.1. The van der Waals surface area contributed by atoms with E-state index in [2.05, 4.69) is 10.4 Å². The van der Waals surface area contributed by atoms with Crippen molar-refractivity contribution in [3.63, 3.8) is 0 Å². The lowest BCUT2D eigenvalue weighted by Crippen LogP contribution is -2.24. The maximum Gasteiger partial charge on any atom is 0.249 e. The molecule has 0 saturated heterocycles. The van der Waals surface area contributed by atoms with Gasteiger partial charge in [0.05, 0.1) is 17.1 Å². The third kappa shape index (κ3) is 2.90. The Kier molecular flexibility index (Phi) is 3.50. The van der Waals surface area contributed by atoms with Crippen molar-refractivity contribution >= 4 is 17.3 Å². The predicted octanol–water partition coefficient (Wildman–Crippen LogP) is 2.11. The number of hydrogen-bond donors (Lipinski definition) is 2. The van der Waals surface area contributed by atoms with Gasteiger partial charge in [-0.15, -0.1) is 0 Å². The standard InChI is InChI=1S/C13H15FN4O/c1-8-5-6-18(17-8)9(2)13(19)16-12-4-3-10(14)7-11(12)15/h3-7,9H,15H2,1-2H3,(H,16,19). The fourth-order valence-electron chi connectivity index (χ4n) is 1.65. The monoisotopic (exact) mass is 262 g/mol. The van der Waals surface area contributed by atoms with Crippen LogP contribution in [0.25, 0.3) is 0 Å². The Morgan fingerprint density at radius 1 is 1.47 bits per heavy atom. The fraction of sp³-hybridized carbons (Fsp3) is 0.231. The molecule has 100 valence electrons. The highest BCUT2D eigenvalue weighted by atomic mass is 19.1. The molecule has 1 unspecified atom stereocenters. The summed E-state index contributed by atoms with van der Waals surface area (Å²) < 4.78 is 14.5. The normalized spacial score (nSPS) is 12.2. The number of nitrogens with zero attached hydrogens (tertiary/aromatic N) is 2. The van der Waals surface area contributed by atoms with Crippen molar-refractivity contribution in [2.45, 2.75) is 19.9 Å². The number of carbonyl (C=O) groups excluding carboxylic acids is 1. The SMILES string of the molecule is Cc1ccn(C(C)C(=O)Nc2ccc(F)cc2N)n1. The molecule has 0 aliphatic rings. The van der Waals surface area contributed by atoms with Gasteiger partial charge in [0.2, 0.25) is 5.91 Å². The molecule has 1 atom stereocenters. The molecular formula is C13H15FN4O. The minimum absolute atomic E-state index is 0.192. The Hall–Kier alpha value is -2.37. The summed E-state index contributed by atoms with van der Waals surface area (Å²) in [4.78, 5) is 12.0. The summed E-state index contributed by atoms with van der Waals surface area (Å²) in [5.41, 5.74) is 7.05. The van der Waals surface area contributed by atoms with Gasteiger partial charge >= 0.3 is 0 Å². The summed E-state index contributed by atoms with van der Waals surface area (Å²) in [7, 11) is 0. The fourth-order valence-corrected chi connectivity index (χ4v) is 1.65. The lowest BCUT2D eigenvalue weighted by atomic mass is 10.2. The smallest absolute Gasteiger partial charge is 0.249 e. The molecule has 0 radical (unpaired) electrons. The predicted molar refractivity (Wildman–Crippen MR) is 71.1 cm³/mol. The molecule has 0 bridgehead atoms. The van der Waals surface area contributed by atoms with E-state index in [4.69, 9.17) is 5.73 Å². The number of nitrogens with two attached hydrogens (primary N) is 1. The van der Waals surface area contributed by atoms with E-state index in [1.165, 1.54) is 18.2 Å². The van der Waals surface area contributed by atoms with Crippen LogP contribution in [0.15, 0.2) is 30.5 Å². The van der Waals surface area contributed by atoms with Crippen molar-refractivity contribution in [3.8, 4) is 0 Å². The topological polar surface area (TPSA) is 72.9 Å². The van der Waals surface area contributed by atoms with Gasteiger partial charge in [-0.2, -0.15) is 5.10 Å². The lowest BCUT2D eigenvalue weighted by molar-refractivity contribution is -0.119. The Bertz CT molecular complexity index is 608. The Morgan fingerprint density at radius 3 is 2.79 bits per heavy atom. The van der Waals surface area contributed by atoms with Gasteiger partial charge in [0.15, 0.2) is 0 Å². The summed E-state index contributed by atoms with van der Waals surface area (Å²) in [6.45, 7) is 3.57. The van der Waals surface area contributed by atoms with Crippen LogP contribution in [0.4, 0.5) is 15.8 Å². The molecule has 1 aromatic carbocycles. The highest BCUT2D eigenvalue weighted by Gasteiger charge is 2.16. The quantitative estimate of drug-likeness (QED) is 0.832. The van der Waals surface area contributed by atoms with Crippen LogP contribution in [-0.4, -0.2) is 15.7 Å². The minimum Gasteiger partial charge on any atom is -0.397 e. The maximum absolute atomic E-state index is 12.9. The van der Waals surface area contributed by atoms with Crippen LogP contribution in [0.5, 0.6) is 0 Å². The Labute approximate surface area is 110 Å². The first-order valence-electron chi connectivity index (χ1n) is 5.85. The van der Waals surface area contributed by atoms with Gasteiger partial charge in [-0.05, 0) is 38.1 Å². The summed E-state index contributed by atoms with van der Waals surface area (Å²) in [5.74, 6) is -0.701. The first-order chi connectivity index (χ1) is 8.97. The van der Waals surface area contributed by atoms with Gasteiger partial charge in [-0.25, -0.2) is 4.39 Å². The minimum atomic E-state index is -0.474. The van der Waals surface area contributed by atoms with E-state index >= 15 is 0 Å². The number of anilines is 2. The molecule has 2 rings (SSSR count). The summed E-state index contributed by atoms with van der Waals surface area (Å²) in [6.07, 6.45) is 1.73. The van der Waals surface area contributed by atoms with E-state index in [-0.39, 0.29) is 11.6 Å². The zero-order valence-electron chi connectivity index (χ0n) is 10.7. The molecule has 0 aliphatic carbocycles. The Morgan fingerprint density at radius 2 is 2.21 bits per heavy atom. The lowest BCUT2D eigenvalue weighted by Gasteiger charge is -2.14. The highest BCUT2D eigenvalue weighted by Crippen LogP contribution is 2.20. The number of halogens is 1. The first-order valence-corrected chi connectivity index (χ1v) is 5.85. The van der Waals surface area contributed by atoms with E-state index in [1.54, 1.807) is 17.8 Å². The van der Waals surface area contributed by atoms with Crippen LogP contribution >= 0.6 is 0 Å². The number of nitrogen functional groups attached to an aromatic ring is 1. The Balaban J connectivity index is 2.12. The highest BCUT2D eigenvalue weighted by molar-refractivity contribution is 5.96. The van der Waals surface area contributed by atoms with Crippen LogP contribution in [-0.2, 0) is 4.79 Å². The van der Waals surface area contributed by atoms with Crippen molar-refractivity contribution in [3.05, 3.63) is 42.0 Å². The van der Waals surface area contributed by atoms with Crippen molar-refractivity contribution < 1.29 is 9.18 Å². The molecule has 1 aromatic heterocycles. The van der Waals surface area contributed by atoms with E-state index in [9.17, 15) is 9.18 Å². The number of aryl methyl sites for hydroxylation is 1. The molecule has 3 N–H and O–H groups in total. The number of nitrogens with one attached hydrogen (secondary N) is 1. The molecule has 0 saturated carbocycles. The zero-order chi connectivity index (χ0) is 14.0. The number of amides is 1. The van der Waals surface area contributed by atoms with Gasteiger partial charge in [0, 0.05) is 6.20 Å². The van der Waals surface area contributed by atoms with E-state index in [0.717, 1.165) is 5.69 Å². The summed E-state index contributed by atoms with van der Waals surface area (Å²) in [6, 6.07) is 5.19. The zero-order valence-corrected chi connectivity index (χ0v) is 10.7. The molecule has 1 amide bonds. The molecule has 5 nitrogen and oxygen atoms in total. The second-order valence-electron chi connectivity index (χ2n) is 4.33.